The van der Waals surface area contributed by atoms with Gasteiger partial charge in [0.2, 0.25) is 0 Å². The highest BCUT2D eigenvalue weighted by Crippen LogP contribution is 2.24. The molecule has 0 spiro atoms. The number of rotatable bonds is 8. The van der Waals surface area contributed by atoms with Gasteiger partial charge in [0.1, 0.15) is 5.75 Å². The fraction of sp³-hybridized carbons (Fsp3) is 0.571. The van der Waals surface area contributed by atoms with Crippen LogP contribution in [0.25, 0.3) is 0 Å². The average molecular weight is 301 g/mol. The van der Waals surface area contributed by atoms with Crippen LogP contribution in [-0.2, 0) is 14.6 Å². The topological polar surface area (TPSA) is 78.6 Å². The summed E-state index contributed by atoms with van der Waals surface area (Å²) in [5, 5.41) is 0. The van der Waals surface area contributed by atoms with E-state index in [2.05, 4.69) is 13.8 Å². The lowest BCUT2D eigenvalue weighted by atomic mass is 10.1. The zero-order valence-corrected chi connectivity index (χ0v) is 13.1. The van der Waals surface area contributed by atoms with Crippen LogP contribution in [0.3, 0.4) is 0 Å². The van der Waals surface area contributed by atoms with Crippen molar-refractivity contribution in [2.24, 2.45) is 5.92 Å². The van der Waals surface area contributed by atoms with Crippen molar-refractivity contribution in [3.05, 3.63) is 18.2 Å². The van der Waals surface area contributed by atoms with Crippen LogP contribution in [0.15, 0.2) is 23.1 Å². The van der Waals surface area contributed by atoms with E-state index in [4.69, 9.17) is 15.2 Å². The molecule has 0 unspecified atom stereocenters. The Bertz CT molecular complexity index is 526. The Kier molecular flexibility index (Phi) is 6.29. The number of ether oxygens (including phenoxy) is 2. The zero-order valence-electron chi connectivity index (χ0n) is 12.3. The molecule has 1 aromatic carbocycles. The number of nitrogen functional groups attached to an aromatic ring is 1. The summed E-state index contributed by atoms with van der Waals surface area (Å²) in [6, 6.07) is 4.61. The number of methoxy groups -OCH3 is 1. The molecule has 1 rings (SSSR count). The van der Waals surface area contributed by atoms with E-state index in [0.717, 1.165) is 6.42 Å². The van der Waals surface area contributed by atoms with E-state index in [1.165, 1.54) is 19.2 Å². The molecule has 0 aliphatic carbocycles. The van der Waals surface area contributed by atoms with Gasteiger partial charge < -0.3 is 15.2 Å². The van der Waals surface area contributed by atoms with Crippen molar-refractivity contribution in [3.63, 3.8) is 0 Å². The number of hydrogen-bond donors (Lipinski definition) is 1. The summed E-state index contributed by atoms with van der Waals surface area (Å²) in [7, 11) is -1.97. The molecule has 6 heteroatoms. The molecular weight excluding hydrogens is 278 g/mol. The Hall–Kier alpha value is -1.27. The van der Waals surface area contributed by atoms with E-state index in [-0.39, 0.29) is 22.9 Å². The lowest BCUT2D eigenvalue weighted by molar-refractivity contribution is 0.137. The summed E-state index contributed by atoms with van der Waals surface area (Å²) in [5.74, 6) is 0.932. The monoisotopic (exact) mass is 301 g/mol. The van der Waals surface area contributed by atoms with E-state index in [0.29, 0.717) is 18.3 Å². The molecule has 1 aromatic rings. The predicted molar refractivity (Wildman–Crippen MR) is 79.7 cm³/mol. The Balaban J connectivity index is 2.64. The van der Waals surface area contributed by atoms with E-state index in [9.17, 15) is 8.42 Å². The maximum absolute atomic E-state index is 12.2. The number of sulfone groups is 1. The van der Waals surface area contributed by atoms with Crippen molar-refractivity contribution in [3.8, 4) is 5.75 Å². The normalized spacial score (nSPS) is 11.8. The van der Waals surface area contributed by atoms with Crippen LogP contribution in [0, 0.1) is 5.92 Å². The van der Waals surface area contributed by atoms with Crippen molar-refractivity contribution in [2.45, 2.75) is 25.2 Å². The molecule has 0 aliphatic rings. The molecular formula is C14H23NO4S. The molecule has 0 fully saturated rings. The van der Waals surface area contributed by atoms with Crippen molar-refractivity contribution >= 4 is 15.5 Å². The summed E-state index contributed by atoms with van der Waals surface area (Å²) in [5.41, 5.74) is 5.95. The molecule has 20 heavy (non-hydrogen) atoms. The Labute approximate surface area is 121 Å². The van der Waals surface area contributed by atoms with Crippen LogP contribution >= 0.6 is 0 Å². The van der Waals surface area contributed by atoms with Gasteiger partial charge in [-0.25, -0.2) is 8.42 Å². The molecule has 0 aliphatic heterocycles. The first-order valence-corrected chi connectivity index (χ1v) is 8.26. The van der Waals surface area contributed by atoms with Gasteiger partial charge in [-0.05, 0) is 24.5 Å². The van der Waals surface area contributed by atoms with Crippen LogP contribution in [-0.4, -0.2) is 34.5 Å². The SMILES string of the molecule is COc1ccc(N)c(S(=O)(=O)CCOCCC(C)C)c1. The maximum atomic E-state index is 12.2. The third-order valence-electron chi connectivity index (χ3n) is 2.89. The van der Waals surface area contributed by atoms with Crippen molar-refractivity contribution in [2.75, 3.05) is 31.8 Å². The predicted octanol–water partition coefficient (Wildman–Crippen LogP) is 2.11. The second kappa shape index (κ2) is 7.50. The number of nitrogens with two attached hydrogens (primary N) is 1. The van der Waals surface area contributed by atoms with Crippen LogP contribution < -0.4 is 10.5 Å². The molecule has 0 aromatic heterocycles. The molecule has 0 bridgehead atoms. The van der Waals surface area contributed by atoms with Crippen molar-refractivity contribution in [1.82, 2.24) is 0 Å². The van der Waals surface area contributed by atoms with E-state index < -0.39 is 9.84 Å². The van der Waals surface area contributed by atoms with Gasteiger partial charge in [0, 0.05) is 12.7 Å². The largest absolute Gasteiger partial charge is 0.497 e. The minimum Gasteiger partial charge on any atom is -0.497 e. The van der Waals surface area contributed by atoms with Gasteiger partial charge in [-0.2, -0.15) is 0 Å². The standard InChI is InChI=1S/C14H23NO4S/c1-11(2)6-7-19-8-9-20(16,17)14-10-12(18-3)4-5-13(14)15/h4-5,10-11H,6-9,15H2,1-3H3. The van der Waals surface area contributed by atoms with Crippen LogP contribution in [0.1, 0.15) is 20.3 Å². The van der Waals surface area contributed by atoms with Crippen molar-refractivity contribution < 1.29 is 17.9 Å². The minimum absolute atomic E-state index is 0.0809. The Morgan fingerprint density at radius 3 is 2.55 bits per heavy atom. The van der Waals surface area contributed by atoms with Gasteiger partial charge >= 0.3 is 0 Å². The third-order valence-corrected chi connectivity index (χ3v) is 4.62. The fourth-order valence-corrected chi connectivity index (χ4v) is 2.89. The number of hydrogen-bond acceptors (Lipinski definition) is 5. The molecule has 0 saturated heterocycles. The summed E-state index contributed by atoms with van der Waals surface area (Å²) in [6.45, 7) is 4.93. The summed E-state index contributed by atoms with van der Waals surface area (Å²) < 4.78 is 34.8. The molecule has 0 amide bonds. The molecule has 5 nitrogen and oxygen atoms in total. The van der Waals surface area contributed by atoms with Crippen molar-refractivity contribution in [1.29, 1.82) is 0 Å². The smallest absolute Gasteiger partial charge is 0.182 e. The summed E-state index contributed by atoms with van der Waals surface area (Å²) in [6.07, 6.45) is 0.918. The van der Waals surface area contributed by atoms with Gasteiger partial charge in [-0.3, -0.25) is 0 Å². The maximum Gasteiger partial charge on any atom is 0.182 e. The van der Waals surface area contributed by atoms with Gasteiger partial charge in [0.15, 0.2) is 9.84 Å². The highest BCUT2D eigenvalue weighted by molar-refractivity contribution is 7.91. The second-order valence-corrected chi connectivity index (χ2v) is 7.10. The summed E-state index contributed by atoms with van der Waals surface area (Å²) >= 11 is 0. The Morgan fingerprint density at radius 1 is 1.25 bits per heavy atom. The van der Waals surface area contributed by atoms with Gasteiger partial charge in [0.05, 0.1) is 30.1 Å². The molecule has 0 heterocycles. The Morgan fingerprint density at radius 2 is 1.95 bits per heavy atom. The molecule has 2 N–H and O–H groups in total. The van der Waals surface area contributed by atoms with E-state index >= 15 is 0 Å². The first kappa shape index (κ1) is 16.8. The fourth-order valence-electron chi connectivity index (χ4n) is 1.61. The number of benzene rings is 1. The third kappa shape index (κ3) is 5.02. The van der Waals surface area contributed by atoms with Crippen LogP contribution in [0.2, 0.25) is 0 Å². The van der Waals surface area contributed by atoms with Gasteiger partial charge in [0.25, 0.3) is 0 Å². The first-order chi connectivity index (χ1) is 9.36. The highest BCUT2D eigenvalue weighted by atomic mass is 32.2. The number of anilines is 1. The van der Waals surface area contributed by atoms with Crippen LogP contribution in [0.4, 0.5) is 5.69 Å². The van der Waals surface area contributed by atoms with Gasteiger partial charge in [-0.1, -0.05) is 13.8 Å². The zero-order chi connectivity index (χ0) is 15.2. The van der Waals surface area contributed by atoms with E-state index in [1.807, 2.05) is 0 Å². The molecule has 114 valence electrons. The average Bonchev–Trinajstić information content (AvgIpc) is 2.38. The minimum atomic E-state index is -3.45. The quantitative estimate of drug-likeness (QED) is 0.587. The lowest BCUT2D eigenvalue weighted by Crippen LogP contribution is -2.15. The molecule has 0 radical (unpaired) electrons. The summed E-state index contributed by atoms with van der Waals surface area (Å²) in [4.78, 5) is 0.101. The molecule has 0 saturated carbocycles. The van der Waals surface area contributed by atoms with Crippen LogP contribution in [0.5, 0.6) is 5.75 Å². The molecule has 0 atom stereocenters. The van der Waals surface area contributed by atoms with Gasteiger partial charge in [-0.15, -0.1) is 0 Å². The highest BCUT2D eigenvalue weighted by Gasteiger charge is 2.18. The lowest BCUT2D eigenvalue weighted by Gasteiger charge is -2.10. The first-order valence-electron chi connectivity index (χ1n) is 6.61. The second-order valence-electron chi connectivity index (χ2n) is 5.02. The van der Waals surface area contributed by atoms with E-state index in [1.54, 1.807) is 6.07 Å².